The van der Waals surface area contributed by atoms with Crippen LogP contribution in [0.1, 0.15) is 35.6 Å². The minimum absolute atomic E-state index is 0.275. The van der Waals surface area contributed by atoms with E-state index < -0.39 is 0 Å². The van der Waals surface area contributed by atoms with Crippen molar-refractivity contribution in [3.05, 3.63) is 44.8 Å². The molecular formula is C15H18N2S2. The number of nitrogens with zero attached hydrogens (tertiary/aromatic N) is 1. The maximum atomic E-state index is 8.88. The lowest BCUT2D eigenvalue weighted by Crippen LogP contribution is -2.32. The van der Waals surface area contributed by atoms with Crippen molar-refractivity contribution in [2.45, 2.75) is 38.3 Å². The average molecular weight is 290 g/mol. The Kier molecular flexibility index (Phi) is 5.59. The molecule has 2 nitrogen and oxygen atoms in total. The Morgan fingerprint density at radius 3 is 2.63 bits per heavy atom. The maximum absolute atomic E-state index is 8.88. The minimum atomic E-state index is 0.275. The topological polar surface area (TPSA) is 35.8 Å². The third-order valence-electron chi connectivity index (χ3n) is 3.14. The van der Waals surface area contributed by atoms with Gasteiger partial charge in [-0.2, -0.15) is 5.26 Å². The van der Waals surface area contributed by atoms with Crippen LogP contribution >= 0.6 is 22.7 Å². The first-order valence-corrected chi connectivity index (χ1v) is 8.28. The Balaban J connectivity index is 2.08. The van der Waals surface area contributed by atoms with E-state index >= 15 is 0 Å². The van der Waals surface area contributed by atoms with E-state index in [9.17, 15) is 0 Å². The van der Waals surface area contributed by atoms with Gasteiger partial charge in [0.05, 0.1) is 12.5 Å². The summed E-state index contributed by atoms with van der Waals surface area (Å²) in [4.78, 5) is 2.74. The van der Waals surface area contributed by atoms with Crippen LogP contribution in [0.3, 0.4) is 0 Å². The molecule has 2 aromatic rings. The number of hydrogen-bond donors (Lipinski definition) is 1. The third kappa shape index (κ3) is 4.17. The molecule has 0 radical (unpaired) electrons. The fraction of sp³-hybridized carbons (Fsp3) is 0.400. The molecule has 2 atom stereocenters. The minimum Gasteiger partial charge on any atom is -0.305 e. The van der Waals surface area contributed by atoms with E-state index in [-0.39, 0.29) is 6.04 Å². The summed E-state index contributed by atoms with van der Waals surface area (Å²) in [5.74, 6) is 0. The first kappa shape index (κ1) is 14.3. The molecule has 0 saturated heterocycles. The van der Waals surface area contributed by atoms with Gasteiger partial charge in [0.15, 0.2) is 0 Å². The second-order valence-corrected chi connectivity index (χ2v) is 6.50. The number of hydrogen-bond acceptors (Lipinski definition) is 4. The molecule has 2 heterocycles. The van der Waals surface area contributed by atoms with Crippen LogP contribution in [0, 0.1) is 11.3 Å². The predicted octanol–water partition coefficient (Wildman–Crippen LogP) is 4.38. The summed E-state index contributed by atoms with van der Waals surface area (Å²) in [6, 6.07) is 11.4. The smallest absolute Gasteiger partial charge is 0.0638 e. The van der Waals surface area contributed by atoms with Gasteiger partial charge in [0.25, 0.3) is 0 Å². The van der Waals surface area contributed by atoms with Gasteiger partial charge < -0.3 is 5.32 Å². The number of nitrogens with one attached hydrogen (secondary N) is 1. The quantitative estimate of drug-likeness (QED) is 0.821. The lowest BCUT2D eigenvalue weighted by atomic mass is 10.1. The van der Waals surface area contributed by atoms with Gasteiger partial charge in [0.2, 0.25) is 0 Å². The number of thiophene rings is 2. The highest BCUT2D eigenvalue weighted by Gasteiger charge is 2.17. The van der Waals surface area contributed by atoms with Gasteiger partial charge >= 0.3 is 0 Å². The second-order valence-electron chi connectivity index (χ2n) is 4.49. The van der Waals surface area contributed by atoms with Crippen molar-refractivity contribution in [3.63, 3.8) is 0 Å². The molecule has 0 bridgehead atoms. The van der Waals surface area contributed by atoms with Crippen molar-refractivity contribution in [3.8, 4) is 6.07 Å². The molecule has 100 valence electrons. The van der Waals surface area contributed by atoms with Gasteiger partial charge in [-0.3, -0.25) is 0 Å². The van der Waals surface area contributed by atoms with Crippen molar-refractivity contribution >= 4 is 22.7 Å². The molecule has 19 heavy (non-hydrogen) atoms. The van der Waals surface area contributed by atoms with E-state index in [0.29, 0.717) is 12.5 Å². The zero-order valence-electron chi connectivity index (χ0n) is 11.0. The molecule has 0 aliphatic rings. The lowest BCUT2D eigenvalue weighted by molar-refractivity contribution is 0.431. The fourth-order valence-corrected chi connectivity index (χ4v) is 3.62. The Bertz CT molecular complexity index is 497. The van der Waals surface area contributed by atoms with Gasteiger partial charge in [0.1, 0.15) is 0 Å². The molecule has 0 amide bonds. The predicted molar refractivity (Wildman–Crippen MR) is 82.5 cm³/mol. The number of rotatable bonds is 7. The largest absolute Gasteiger partial charge is 0.305 e. The van der Waals surface area contributed by atoms with Crippen molar-refractivity contribution in [2.75, 3.05) is 0 Å². The first-order chi connectivity index (χ1) is 9.33. The molecule has 0 aliphatic heterocycles. The van der Waals surface area contributed by atoms with Gasteiger partial charge in [-0.1, -0.05) is 19.1 Å². The van der Waals surface area contributed by atoms with Crippen LogP contribution in [0.15, 0.2) is 35.0 Å². The van der Waals surface area contributed by atoms with Crippen LogP contribution in [0.2, 0.25) is 0 Å². The summed E-state index contributed by atoms with van der Waals surface area (Å²) in [5.41, 5.74) is 0. The zero-order valence-corrected chi connectivity index (χ0v) is 12.6. The van der Waals surface area contributed by atoms with Gasteiger partial charge in [0, 0.05) is 28.3 Å². The fourth-order valence-electron chi connectivity index (χ4n) is 2.08. The van der Waals surface area contributed by atoms with Crippen LogP contribution in [-0.4, -0.2) is 6.04 Å². The summed E-state index contributed by atoms with van der Waals surface area (Å²) in [7, 11) is 0. The normalized spacial score (nSPS) is 13.9. The van der Waals surface area contributed by atoms with E-state index in [4.69, 9.17) is 5.26 Å². The van der Waals surface area contributed by atoms with Crippen molar-refractivity contribution < 1.29 is 0 Å². The summed E-state index contributed by atoms with van der Waals surface area (Å²) < 4.78 is 0. The van der Waals surface area contributed by atoms with E-state index in [1.807, 2.05) is 0 Å². The molecule has 1 N–H and O–H groups in total. The first-order valence-electron chi connectivity index (χ1n) is 6.52. The molecule has 2 rings (SSSR count). The van der Waals surface area contributed by atoms with E-state index in [1.165, 1.54) is 9.75 Å². The molecule has 2 unspecified atom stereocenters. The van der Waals surface area contributed by atoms with Crippen molar-refractivity contribution in [1.82, 2.24) is 5.32 Å². The SMILES string of the molecule is CCC(CC#N)NC(Cc1cccs1)c1cccs1. The summed E-state index contributed by atoms with van der Waals surface area (Å²) >= 11 is 3.58. The maximum Gasteiger partial charge on any atom is 0.0638 e. The van der Waals surface area contributed by atoms with Gasteiger partial charge in [-0.25, -0.2) is 0 Å². The Labute approximate surface area is 122 Å². The van der Waals surface area contributed by atoms with E-state index in [1.54, 1.807) is 22.7 Å². The molecule has 0 aliphatic carbocycles. The highest BCUT2D eigenvalue weighted by atomic mass is 32.1. The summed E-state index contributed by atoms with van der Waals surface area (Å²) in [6.07, 6.45) is 2.56. The molecule has 4 heteroatoms. The van der Waals surface area contributed by atoms with E-state index in [0.717, 1.165) is 12.8 Å². The van der Waals surface area contributed by atoms with Crippen LogP contribution in [0.25, 0.3) is 0 Å². The van der Waals surface area contributed by atoms with E-state index in [2.05, 4.69) is 53.3 Å². The molecule has 0 saturated carbocycles. The summed E-state index contributed by atoms with van der Waals surface area (Å²) in [5, 5.41) is 16.8. The van der Waals surface area contributed by atoms with Gasteiger partial charge in [-0.05, 0) is 29.3 Å². The van der Waals surface area contributed by atoms with Gasteiger partial charge in [-0.15, -0.1) is 22.7 Å². The van der Waals surface area contributed by atoms with Crippen LogP contribution in [0.5, 0.6) is 0 Å². The third-order valence-corrected chi connectivity index (χ3v) is 5.02. The summed E-state index contributed by atoms with van der Waals surface area (Å²) in [6.45, 7) is 2.13. The Morgan fingerprint density at radius 2 is 2.05 bits per heavy atom. The second kappa shape index (κ2) is 7.44. The molecule has 0 fully saturated rings. The Hall–Kier alpha value is -1.15. The van der Waals surface area contributed by atoms with Crippen molar-refractivity contribution in [2.24, 2.45) is 0 Å². The monoisotopic (exact) mass is 290 g/mol. The molecule has 2 aromatic heterocycles. The lowest BCUT2D eigenvalue weighted by Gasteiger charge is -2.22. The Morgan fingerprint density at radius 1 is 1.26 bits per heavy atom. The molecule has 0 aromatic carbocycles. The highest BCUT2D eigenvalue weighted by Crippen LogP contribution is 2.26. The number of nitriles is 1. The van der Waals surface area contributed by atoms with Crippen LogP contribution in [0.4, 0.5) is 0 Å². The highest BCUT2D eigenvalue weighted by molar-refractivity contribution is 7.10. The molecular weight excluding hydrogens is 272 g/mol. The standard InChI is InChI=1S/C15H18N2S2/c1-2-12(7-8-16)17-14(15-6-4-10-19-15)11-13-5-3-9-18-13/h3-6,9-10,12,14,17H,2,7,11H2,1H3. The van der Waals surface area contributed by atoms with Crippen LogP contribution in [-0.2, 0) is 6.42 Å². The van der Waals surface area contributed by atoms with Crippen LogP contribution < -0.4 is 5.32 Å². The average Bonchev–Trinajstić information content (AvgIpc) is 3.10. The molecule has 0 spiro atoms. The zero-order chi connectivity index (χ0) is 13.5. The van der Waals surface area contributed by atoms with Crippen molar-refractivity contribution in [1.29, 1.82) is 5.26 Å².